The van der Waals surface area contributed by atoms with Gasteiger partial charge in [0.15, 0.2) is 0 Å². The third-order valence-electron chi connectivity index (χ3n) is 3.53. The summed E-state index contributed by atoms with van der Waals surface area (Å²) < 4.78 is 5.47. The topological polar surface area (TPSA) is 42.4 Å². The van der Waals surface area contributed by atoms with Crippen LogP contribution < -0.4 is 0 Å². The number of nitrogens with zero attached hydrogens (tertiary/aromatic N) is 1. The van der Waals surface area contributed by atoms with Crippen LogP contribution in [0.15, 0.2) is 24.3 Å². The van der Waals surface area contributed by atoms with E-state index in [4.69, 9.17) is 4.74 Å². The lowest BCUT2D eigenvalue weighted by Crippen LogP contribution is -2.16. The number of hydrogen-bond acceptors (Lipinski definition) is 3. The van der Waals surface area contributed by atoms with Gasteiger partial charge in [0.25, 0.3) is 0 Å². The average Bonchev–Trinajstić information content (AvgIpc) is 2.39. The van der Waals surface area contributed by atoms with Crippen molar-refractivity contribution in [2.24, 2.45) is 0 Å². The zero-order valence-electron chi connectivity index (χ0n) is 10.5. The smallest absolute Gasteiger partial charge is 0.138 e. The Balaban J connectivity index is 2.06. The molecule has 1 aliphatic heterocycles. The van der Waals surface area contributed by atoms with E-state index in [1.807, 2.05) is 31.2 Å². The molecule has 3 rings (SSSR count). The van der Waals surface area contributed by atoms with Crippen molar-refractivity contribution in [2.45, 2.75) is 25.7 Å². The van der Waals surface area contributed by atoms with E-state index in [1.54, 1.807) is 0 Å². The molecule has 0 bridgehead atoms. The van der Waals surface area contributed by atoms with Crippen LogP contribution in [0.4, 0.5) is 0 Å². The number of benzene rings is 1. The van der Waals surface area contributed by atoms with E-state index in [0.717, 1.165) is 36.0 Å². The minimum Gasteiger partial charge on any atom is -0.506 e. The highest BCUT2D eigenvalue weighted by atomic mass is 16.5. The maximum absolute atomic E-state index is 10.1. The Labute approximate surface area is 106 Å². The van der Waals surface area contributed by atoms with Gasteiger partial charge >= 0.3 is 0 Å². The van der Waals surface area contributed by atoms with Gasteiger partial charge in [0.2, 0.25) is 0 Å². The van der Waals surface area contributed by atoms with Crippen molar-refractivity contribution in [2.75, 3.05) is 13.2 Å². The molecule has 3 heteroatoms. The van der Waals surface area contributed by atoms with Gasteiger partial charge in [-0.05, 0) is 38.0 Å². The van der Waals surface area contributed by atoms with Crippen LogP contribution in [0.5, 0.6) is 5.75 Å². The van der Waals surface area contributed by atoms with Crippen molar-refractivity contribution >= 4 is 10.9 Å². The minimum atomic E-state index is 0.226. The van der Waals surface area contributed by atoms with E-state index in [9.17, 15) is 5.11 Å². The Hall–Kier alpha value is -1.61. The molecule has 0 amide bonds. The molecule has 2 aromatic rings. The number of aromatic hydroxyl groups is 1. The summed E-state index contributed by atoms with van der Waals surface area (Å²) in [5.74, 6) is 0.521. The molecule has 1 atom stereocenters. The summed E-state index contributed by atoms with van der Waals surface area (Å²) in [6, 6.07) is 7.92. The molecule has 0 saturated carbocycles. The summed E-state index contributed by atoms with van der Waals surface area (Å²) in [6.45, 7) is 3.53. The van der Waals surface area contributed by atoms with Gasteiger partial charge in [-0.15, -0.1) is 0 Å². The van der Waals surface area contributed by atoms with E-state index in [2.05, 4.69) is 4.98 Å². The van der Waals surface area contributed by atoms with E-state index >= 15 is 0 Å². The number of ether oxygens (including phenoxy) is 1. The Morgan fingerprint density at radius 2 is 2.22 bits per heavy atom. The van der Waals surface area contributed by atoms with Crippen LogP contribution in [0.2, 0.25) is 0 Å². The van der Waals surface area contributed by atoms with Crippen molar-refractivity contribution in [1.29, 1.82) is 0 Å². The number of aromatic nitrogens is 1. The molecule has 3 nitrogen and oxygen atoms in total. The van der Waals surface area contributed by atoms with Gasteiger partial charge in [0.1, 0.15) is 5.75 Å². The first-order chi connectivity index (χ1) is 8.74. The lowest BCUT2D eigenvalue weighted by atomic mass is 9.96. The summed E-state index contributed by atoms with van der Waals surface area (Å²) in [6.07, 6.45) is 2.08. The number of aryl methyl sites for hydroxylation is 1. The molecule has 18 heavy (non-hydrogen) atoms. The molecule has 1 aromatic carbocycles. The number of rotatable bonds is 1. The SMILES string of the molecule is Cc1ccc2nc(C3CCCOC3)c(O)cc2c1. The fourth-order valence-corrected chi connectivity index (χ4v) is 2.56. The van der Waals surface area contributed by atoms with Crippen molar-refractivity contribution < 1.29 is 9.84 Å². The Bertz CT molecular complexity index is 574. The monoisotopic (exact) mass is 243 g/mol. The van der Waals surface area contributed by atoms with Crippen molar-refractivity contribution in [3.8, 4) is 5.75 Å². The van der Waals surface area contributed by atoms with Crippen LogP contribution in [0.25, 0.3) is 10.9 Å². The Kier molecular flexibility index (Phi) is 2.92. The van der Waals surface area contributed by atoms with Gasteiger partial charge in [-0.2, -0.15) is 0 Å². The van der Waals surface area contributed by atoms with E-state index in [1.165, 1.54) is 5.56 Å². The first kappa shape index (κ1) is 11.5. The van der Waals surface area contributed by atoms with E-state index < -0.39 is 0 Å². The molecule has 1 unspecified atom stereocenters. The molecular weight excluding hydrogens is 226 g/mol. The second-order valence-electron chi connectivity index (χ2n) is 5.00. The molecule has 94 valence electrons. The normalized spacial score (nSPS) is 20.2. The molecular formula is C15H17NO2. The standard InChI is InChI=1S/C15H17NO2/c1-10-4-5-13-12(7-10)8-14(17)15(16-13)11-3-2-6-18-9-11/h4-5,7-8,11,17H,2-3,6,9H2,1H3. The van der Waals surface area contributed by atoms with E-state index in [0.29, 0.717) is 12.4 Å². The highest BCUT2D eigenvalue weighted by Crippen LogP contribution is 2.32. The lowest BCUT2D eigenvalue weighted by Gasteiger charge is -2.22. The predicted molar refractivity (Wildman–Crippen MR) is 70.9 cm³/mol. The van der Waals surface area contributed by atoms with Crippen molar-refractivity contribution in [3.63, 3.8) is 0 Å². The Morgan fingerprint density at radius 3 is 3.00 bits per heavy atom. The van der Waals surface area contributed by atoms with Gasteiger partial charge in [-0.1, -0.05) is 11.6 Å². The zero-order valence-corrected chi connectivity index (χ0v) is 10.5. The lowest BCUT2D eigenvalue weighted by molar-refractivity contribution is 0.0786. The molecule has 0 spiro atoms. The van der Waals surface area contributed by atoms with Crippen LogP contribution in [0.3, 0.4) is 0 Å². The third kappa shape index (κ3) is 2.06. The number of fused-ring (bicyclic) bond motifs is 1. The molecule has 1 fully saturated rings. The maximum Gasteiger partial charge on any atom is 0.138 e. The highest BCUT2D eigenvalue weighted by Gasteiger charge is 2.21. The van der Waals surface area contributed by atoms with Gasteiger partial charge < -0.3 is 9.84 Å². The van der Waals surface area contributed by atoms with Crippen LogP contribution in [0.1, 0.15) is 30.0 Å². The maximum atomic E-state index is 10.1. The second kappa shape index (κ2) is 4.58. The van der Waals surface area contributed by atoms with Crippen molar-refractivity contribution in [1.82, 2.24) is 4.98 Å². The average molecular weight is 243 g/mol. The van der Waals surface area contributed by atoms with Crippen molar-refractivity contribution in [3.05, 3.63) is 35.5 Å². The van der Waals surface area contributed by atoms with Crippen LogP contribution >= 0.6 is 0 Å². The summed E-state index contributed by atoms with van der Waals surface area (Å²) in [5, 5.41) is 11.1. The summed E-state index contributed by atoms with van der Waals surface area (Å²) in [5.41, 5.74) is 2.91. The fourth-order valence-electron chi connectivity index (χ4n) is 2.56. The molecule has 0 radical (unpaired) electrons. The van der Waals surface area contributed by atoms with Gasteiger partial charge in [-0.3, -0.25) is 0 Å². The fraction of sp³-hybridized carbons (Fsp3) is 0.400. The Morgan fingerprint density at radius 1 is 1.33 bits per heavy atom. The van der Waals surface area contributed by atoms with Gasteiger partial charge in [0.05, 0.1) is 17.8 Å². The van der Waals surface area contributed by atoms with Gasteiger partial charge in [-0.25, -0.2) is 4.98 Å². The molecule has 2 heterocycles. The largest absolute Gasteiger partial charge is 0.506 e. The third-order valence-corrected chi connectivity index (χ3v) is 3.53. The zero-order chi connectivity index (χ0) is 12.5. The molecule has 0 aliphatic carbocycles. The summed E-state index contributed by atoms with van der Waals surface area (Å²) in [4.78, 5) is 4.61. The van der Waals surface area contributed by atoms with Gasteiger partial charge in [0, 0.05) is 17.9 Å². The van der Waals surface area contributed by atoms with Crippen LogP contribution in [-0.2, 0) is 4.74 Å². The summed E-state index contributed by atoms with van der Waals surface area (Å²) >= 11 is 0. The first-order valence-corrected chi connectivity index (χ1v) is 6.42. The molecule has 1 saturated heterocycles. The number of pyridine rings is 1. The quantitative estimate of drug-likeness (QED) is 0.836. The molecule has 1 aliphatic rings. The van der Waals surface area contributed by atoms with Crippen LogP contribution in [0, 0.1) is 6.92 Å². The second-order valence-corrected chi connectivity index (χ2v) is 5.00. The summed E-state index contributed by atoms with van der Waals surface area (Å²) in [7, 11) is 0. The minimum absolute atomic E-state index is 0.226. The number of hydrogen-bond donors (Lipinski definition) is 1. The van der Waals surface area contributed by atoms with E-state index in [-0.39, 0.29) is 5.92 Å². The first-order valence-electron chi connectivity index (χ1n) is 6.42. The molecule has 1 aromatic heterocycles. The van der Waals surface area contributed by atoms with Crippen LogP contribution in [-0.4, -0.2) is 23.3 Å². The predicted octanol–water partition coefficient (Wildman–Crippen LogP) is 3.14. The molecule has 1 N–H and O–H groups in total. The highest BCUT2D eigenvalue weighted by molar-refractivity contribution is 5.81.